The van der Waals surface area contributed by atoms with Crippen molar-refractivity contribution in [2.45, 2.75) is 50.2 Å². The molecule has 1 aliphatic carbocycles. The average molecular weight is 653 g/mol. The zero-order valence-corrected chi connectivity index (χ0v) is 27.4. The Morgan fingerprint density at radius 1 is 1.12 bits per heavy atom. The number of pyridine rings is 2. The number of nitrogens with one attached hydrogen (secondary N) is 1. The Balaban J connectivity index is 1.37. The maximum Gasteiger partial charge on any atom is 0.224 e. The molecule has 0 amide bonds. The summed E-state index contributed by atoms with van der Waals surface area (Å²) in [6.45, 7) is 2.42. The van der Waals surface area contributed by atoms with Crippen LogP contribution in [0.4, 0.5) is 4.39 Å². The molecular weight excluding hydrogens is 615 g/mol. The molecule has 246 valence electrons. The lowest BCUT2D eigenvalue weighted by Crippen LogP contribution is -2.38. The van der Waals surface area contributed by atoms with Crippen molar-refractivity contribution in [1.29, 1.82) is 5.26 Å². The number of halogens is 1. The number of aromatic hydroxyl groups is 1. The van der Waals surface area contributed by atoms with Gasteiger partial charge in [0.2, 0.25) is 5.88 Å². The number of phenolic OH excluding ortho intramolecular Hbond substituents is 1. The molecule has 8 nitrogen and oxygen atoms in total. The number of rotatable bonds is 8. The van der Waals surface area contributed by atoms with Gasteiger partial charge < -0.3 is 24.6 Å². The van der Waals surface area contributed by atoms with E-state index in [2.05, 4.69) is 39.1 Å². The SMILES string of the molecule is CN1CCC[C@H]1COc1nc2c(F)c(-c3cc(O)cc4ccccc34)c(CCC#N)cc2c2c1c(-c1cccnc1)cn2C1C2CNC1C2. The fraction of sp³-hybridized carbons (Fsp3) is 0.325. The maximum absolute atomic E-state index is 17.6. The number of benzene rings is 3. The number of likely N-dealkylation sites (tertiary alicyclic amines) is 1. The predicted molar refractivity (Wildman–Crippen MR) is 189 cm³/mol. The lowest BCUT2D eigenvalue weighted by atomic mass is 9.80. The summed E-state index contributed by atoms with van der Waals surface area (Å²) in [5.41, 5.74) is 4.67. The van der Waals surface area contributed by atoms with Crippen LogP contribution >= 0.6 is 0 Å². The molecule has 6 heterocycles. The van der Waals surface area contributed by atoms with Crippen molar-refractivity contribution in [3.8, 4) is 40.0 Å². The van der Waals surface area contributed by atoms with Crippen LogP contribution in [0.3, 0.4) is 0 Å². The highest BCUT2D eigenvalue weighted by Gasteiger charge is 2.48. The van der Waals surface area contributed by atoms with Gasteiger partial charge in [0.1, 0.15) is 17.9 Å². The second-order valence-electron chi connectivity index (χ2n) is 13.9. The van der Waals surface area contributed by atoms with Crippen LogP contribution in [0.1, 0.15) is 37.3 Å². The minimum absolute atomic E-state index is 0.0514. The summed E-state index contributed by atoms with van der Waals surface area (Å²) in [5, 5.41) is 27.3. The minimum atomic E-state index is -0.476. The summed E-state index contributed by atoms with van der Waals surface area (Å²) < 4.78 is 26.6. The van der Waals surface area contributed by atoms with Crippen molar-refractivity contribution in [3.63, 3.8) is 0 Å². The van der Waals surface area contributed by atoms with Gasteiger partial charge in [0.15, 0.2) is 5.82 Å². The van der Waals surface area contributed by atoms with Gasteiger partial charge in [-0.15, -0.1) is 0 Å². The molecule has 3 aromatic heterocycles. The highest BCUT2D eigenvalue weighted by atomic mass is 19.1. The molecule has 4 atom stereocenters. The molecular formula is C40H37FN6O2. The number of ether oxygens (including phenoxy) is 1. The summed E-state index contributed by atoms with van der Waals surface area (Å²) in [5.74, 6) is 0.463. The first kappa shape index (κ1) is 30.1. The molecule has 4 aliphatic rings. The van der Waals surface area contributed by atoms with Crippen LogP contribution in [-0.4, -0.2) is 63.4 Å². The van der Waals surface area contributed by atoms with Crippen molar-refractivity contribution < 1.29 is 14.2 Å². The van der Waals surface area contributed by atoms with Gasteiger partial charge in [-0.05, 0) is 91.4 Å². The largest absolute Gasteiger partial charge is 0.508 e. The molecule has 2 N–H and O–H groups in total. The first-order chi connectivity index (χ1) is 24.0. The molecule has 0 radical (unpaired) electrons. The molecule has 3 aromatic carbocycles. The summed E-state index contributed by atoms with van der Waals surface area (Å²) in [4.78, 5) is 11.8. The van der Waals surface area contributed by atoms with Crippen LogP contribution < -0.4 is 10.1 Å². The van der Waals surface area contributed by atoms with E-state index in [9.17, 15) is 10.4 Å². The number of nitriles is 1. The van der Waals surface area contributed by atoms with Crippen molar-refractivity contribution in [2.75, 3.05) is 26.7 Å². The van der Waals surface area contributed by atoms with Crippen LogP contribution in [-0.2, 0) is 6.42 Å². The Hall–Kier alpha value is -5.04. The number of fused-ring (bicyclic) bond motifs is 5. The van der Waals surface area contributed by atoms with Crippen molar-refractivity contribution in [2.24, 2.45) is 5.92 Å². The molecule has 2 bridgehead atoms. The van der Waals surface area contributed by atoms with Crippen LogP contribution in [0.5, 0.6) is 11.6 Å². The number of hydrogen-bond acceptors (Lipinski definition) is 7. The van der Waals surface area contributed by atoms with Crippen molar-refractivity contribution >= 4 is 32.6 Å². The molecule has 3 unspecified atom stereocenters. The number of hydrogen-bond donors (Lipinski definition) is 2. The van der Waals surface area contributed by atoms with Crippen molar-refractivity contribution in [3.05, 3.63) is 84.6 Å². The molecule has 10 rings (SSSR count). The third-order valence-corrected chi connectivity index (χ3v) is 11.1. The zero-order chi connectivity index (χ0) is 33.2. The molecule has 0 spiro atoms. The molecule has 6 aromatic rings. The van der Waals surface area contributed by atoms with E-state index < -0.39 is 5.82 Å². The predicted octanol–water partition coefficient (Wildman–Crippen LogP) is 7.38. The van der Waals surface area contributed by atoms with Gasteiger partial charge >= 0.3 is 0 Å². The van der Waals surface area contributed by atoms with E-state index in [0.29, 0.717) is 52.9 Å². The first-order valence-corrected chi connectivity index (χ1v) is 17.3. The number of nitrogens with zero attached hydrogens (tertiary/aromatic N) is 5. The quantitative estimate of drug-likeness (QED) is 0.177. The first-order valence-electron chi connectivity index (χ1n) is 17.3. The Morgan fingerprint density at radius 2 is 2.02 bits per heavy atom. The Kier molecular flexibility index (Phi) is 7.26. The van der Waals surface area contributed by atoms with E-state index in [4.69, 9.17) is 9.72 Å². The van der Waals surface area contributed by atoms with Gasteiger partial charge in [0, 0.05) is 65.7 Å². The third kappa shape index (κ3) is 4.85. The summed E-state index contributed by atoms with van der Waals surface area (Å²) in [7, 11) is 2.12. The monoisotopic (exact) mass is 652 g/mol. The topological polar surface area (TPSA) is 99.2 Å². The molecule has 1 saturated carbocycles. The van der Waals surface area contributed by atoms with E-state index in [1.165, 1.54) is 0 Å². The molecule has 3 aliphatic heterocycles. The van der Waals surface area contributed by atoms with Gasteiger partial charge in [-0.2, -0.15) is 5.26 Å². The van der Waals surface area contributed by atoms with Gasteiger partial charge in [0.25, 0.3) is 0 Å². The molecule has 3 saturated heterocycles. The van der Waals surface area contributed by atoms with Gasteiger partial charge in [-0.3, -0.25) is 4.98 Å². The highest BCUT2D eigenvalue weighted by molar-refractivity contribution is 6.14. The molecule has 4 fully saturated rings. The Bertz CT molecular complexity index is 2280. The van der Waals surface area contributed by atoms with Crippen LogP contribution in [0.25, 0.3) is 54.8 Å². The van der Waals surface area contributed by atoms with E-state index in [0.717, 1.165) is 65.2 Å². The maximum atomic E-state index is 17.6. The zero-order valence-electron chi connectivity index (χ0n) is 27.4. The standard InChI is InChI=1S/C40H37FN6O2/c1-46-14-6-10-27(46)22-49-40-35-32(25-9-5-13-43-19-25)21-47(38-26-17-33(38)44-20-26)39(35)31-16-24(8-4-12-42)34(36(41)37(31)45-40)30-18-28(48)15-23-7-2-3-11-29(23)30/h2-3,5,7,9,11,13,15-16,18-19,21,26-27,33,38,44,48H,4,6,8,10,14,17,20,22H2,1H3/t26?,27-,33?,38?/m0/s1. The van der Waals surface area contributed by atoms with Gasteiger partial charge in [0.05, 0.1) is 23.0 Å². The second kappa shape index (κ2) is 11.8. The fourth-order valence-corrected chi connectivity index (χ4v) is 8.65. The summed E-state index contributed by atoms with van der Waals surface area (Å²) in [6.07, 6.45) is 9.65. The highest BCUT2D eigenvalue weighted by Crippen LogP contribution is 2.50. The normalized spacial score (nSPS) is 21.8. The van der Waals surface area contributed by atoms with Gasteiger partial charge in [-0.1, -0.05) is 30.3 Å². The summed E-state index contributed by atoms with van der Waals surface area (Å²) in [6, 6.07) is 20.1. The van der Waals surface area contributed by atoms with E-state index in [-0.39, 0.29) is 29.8 Å². The minimum Gasteiger partial charge on any atom is -0.508 e. The van der Waals surface area contributed by atoms with E-state index in [1.54, 1.807) is 18.3 Å². The molecule has 49 heavy (non-hydrogen) atoms. The number of phenols is 1. The van der Waals surface area contributed by atoms with Crippen LogP contribution in [0.15, 0.2) is 73.2 Å². The second-order valence-corrected chi connectivity index (χ2v) is 13.9. The lowest BCUT2D eigenvalue weighted by molar-refractivity contribution is 0.195. The average Bonchev–Trinajstić information content (AvgIpc) is 3.92. The van der Waals surface area contributed by atoms with E-state index in [1.807, 2.05) is 48.7 Å². The fourth-order valence-electron chi connectivity index (χ4n) is 8.65. The number of aryl methyl sites for hydroxylation is 1. The smallest absolute Gasteiger partial charge is 0.224 e. The van der Waals surface area contributed by atoms with E-state index >= 15 is 4.39 Å². The van der Waals surface area contributed by atoms with Crippen LogP contribution in [0, 0.1) is 23.1 Å². The molecule has 9 heteroatoms. The summed E-state index contributed by atoms with van der Waals surface area (Å²) >= 11 is 0. The van der Waals surface area contributed by atoms with Crippen LogP contribution in [0.2, 0.25) is 0 Å². The van der Waals surface area contributed by atoms with Gasteiger partial charge in [-0.25, -0.2) is 9.37 Å². The number of aromatic nitrogens is 3. The Morgan fingerprint density at radius 3 is 2.78 bits per heavy atom. The third-order valence-electron chi connectivity index (χ3n) is 11.1. The lowest BCUT2D eigenvalue weighted by Gasteiger charge is -2.36. The Labute approximate surface area is 283 Å². The number of likely N-dealkylation sites (N-methyl/N-ethyl adjacent to an activating group) is 1. The van der Waals surface area contributed by atoms with Crippen molar-refractivity contribution in [1.82, 2.24) is 24.8 Å².